The first-order valence-electron chi connectivity index (χ1n) is 7.92. The van der Waals surface area contributed by atoms with Crippen molar-refractivity contribution in [2.75, 3.05) is 45.2 Å². The summed E-state index contributed by atoms with van der Waals surface area (Å²) < 4.78 is 2.92. The number of hydrogen-bond acceptors (Lipinski definition) is 3. The molecule has 6 heteroatoms. The number of quaternary nitrogens is 1. The monoisotopic (exact) mass is 330 g/mol. The second kappa shape index (κ2) is 5.08. The fraction of sp³-hybridized carbons (Fsp3) is 0.412. The summed E-state index contributed by atoms with van der Waals surface area (Å²) >= 11 is 6.18. The highest BCUT2D eigenvalue weighted by atomic mass is 35.5. The van der Waals surface area contributed by atoms with Crippen LogP contribution in [0.25, 0.3) is 21.8 Å². The molecule has 2 aromatic heterocycles. The zero-order valence-corrected chi connectivity index (χ0v) is 14.5. The molecule has 5 nitrogen and oxygen atoms in total. The van der Waals surface area contributed by atoms with Gasteiger partial charge in [-0.05, 0) is 18.2 Å². The van der Waals surface area contributed by atoms with E-state index in [-0.39, 0.29) is 0 Å². The van der Waals surface area contributed by atoms with Gasteiger partial charge in [0.15, 0.2) is 5.82 Å². The Kier molecular flexibility index (Phi) is 3.25. The number of aromatic nitrogens is 3. The fourth-order valence-electron chi connectivity index (χ4n) is 3.28. The molecule has 120 valence electrons. The van der Waals surface area contributed by atoms with Crippen LogP contribution in [-0.2, 0) is 7.05 Å². The molecule has 0 unspecified atom stereocenters. The molecule has 23 heavy (non-hydrogen) atoms. The molecule has 0 amide bonds. The van der Waals surface area contributed by atoms with E-state index in [1.54, 1.807) is 0 Å². The summed E-state index contributed by atoms with van der Waals surface area (Å²) in [6, 6.07) is 5.88. The van der Waals surface area contributed by atoms with Crippen LogP contribution in [0.2, 0.25) is 5.02 Å². The van der Waals surface area contributed by atoms with Crippen molar-refractivity contribution in [3.8, 4) is 0 Å². The third kappa shape index (κ3) is 2.54. The Morgan fingerprint density at radius 2 is 1.87 bits per heavy atom. The number of likely N-dealkylation sites (N-methyl/N-ethyl adjacent to an activating group) is 1. The molecule has 1 aliphatic rings. The molecule has 3 aromatic rings. The van der Waals surface area contributed by atoms with Crippen LogP contribution in [-0.4, -0.2) is 59.5 Å². The third-order valence-corrected chi connectivity index (χ3v) is 5.00. The lowest BCUT2D eigenvalue weighted by Crippen LogP contribution is -2.55. The van der Waals surface area contributed by atoms with E-state index < -0.39 is 0 Å². The molecule has 1 saturated heterocycles. The van der Waals surface area contributed by atoms with Crippen molar-refractivity contribution in [1.29, 1.82) is 0 Å². The number of benzene rings is 1. The molecule has 0 spiro atoms. The normalized spacial score (nSPS) is 18.0. The summed E-state index contributed by atoms with van der Waals surface area (Å²) in [5.74, 6) is 0.995. The second-order valence-electron chi connectivity index (χ2n) is 7.03. The number of nitrogens with zero attached hydrogens (tertiary/aromatic N) is 5. The van der Waals surface area contributed by atoms with Crippen molar-refractivity contribution >= 4 is 39.2 Å². The van der Waals surface area contributed by atoms with Gasteiger partial charge in [0, 0.05) is 29.0 Å². The summed E-state index contributed by atoms with van der Waals surface area (Å²) in [6.45, 7) is 4.25. The highest BCUT2D eigenvalue weighted by Crippen LogP contribution is 2.32. The van der Waals surface area contributed by atoms with Gasteiger partial charge in [-0.15, -0.1) is 0 Å². The van der Waals surface area contributed by atoms with E-state index in [2.05, 4.69) is 30.3 Å². The van der Waals surface area contributed by atoms with Crippen molar-refractivity contribution in [2.24, 2.45) is 7.05 Å². The number of hydrogen-bond donors (Lipinski definition) is 0. The lowest BCUT2D eigenvalue weighted by Gasteiger charge is -2.39. The number of fused-ring (bicyclic) bond motifs is 3. The van der Waals surface area contributed by atoms with Crippen LogP contribution < -0.4 is 4.90 Å². The number of aryl methyl sites for hydroxylation is 1. The van der Waals surface area contributed by atoms with E-state index in [4.69, 9.17) is 16.6 Å². The second-order valence-corrected chi connectivity index (χ2v) is 7.47. The molecule has 1 aliphatic heterocycles. The van der Waals surface area contributed by atoms with Crippen LogP contribution in [0.1, 0.15) is 0 Å². The van der Waals surface area contributed by atoms with Crippen LogP contribution in [0.15, 0.2) is 24.4 Å². The fourth-order valence-corrected chi connectivity index (χ4v) is 3.45. The number of halogens is 1. The van der Waals surface area contributed by atoms with Crippen molar-refractivity contribution in [3.63, 3.8) is 0 Å². The lowest BCUT2D eigenvalue weighted by atomic mass is 10.1. The molecule has 0 radical (unpaired) electrons. The van der Waals surface area contributed by atoms with Crippen molar-refractivity contribution in [3.05, 3.63) is 29.4 Å². The first-order chi connectivity index (χ1) is 10.9. The van der Waals surface area contributed by atoms with Crippen molar-refractivity contribution in [1.82, 2.24) is 14.8 Å². The highest BCUT2D eigenvalue weighted by molar-refractivity contribution is 6.31. The zero-order chi connectivity index (χ0) is 16.2. The Hall–Kier alpha value is -1.85. The van der Waals surface area contributed by atoms with Crippen LogP contribution >= 0.6 is 11.6 Å². The largest absolute Gasteiger partial charge is 0.343 e. The molecule has 0 saturated carbocycles. The van der Waals surface area contributed by atoms with Gasteiger partial charge in [-0.1, -0.05) is 11.6 Å². The molecular weight excluding hydrogens is 310 g/mol. The first-order valence-corrected chi connectivity index (χ1v) is 8.30. The molecule has 1 aromatic carbocycles. The highest BCUT2D eigenvalue weighted by Gasteiger charge is 2.27. The standard InChI is InChI=1S/C17H21ClN5/c1-21-11-14-13-10-12(18)4-5-15(13)19-17(16(14)20-21)22-6-8-23(2,3)9-7-22/h4-5,10-11H,6-9H2,1-3H3/q+1. The molecule has 3 heterocycles. The summed E-state index contributed by atoms with van der Waals surface area (Å²) in [5.41, 5.74) is 1.94. The molecule has 4 rings (SSSR count). The Labute approximate surface area is 140 Å². The van der Waals surface area contributed by atoms with Gasteiger partial charge in [0.1, 0.15) is 5.52 Å². The average Bonchev–Trinajstić information content (AvgIpc) is 2.89. The summed E-state index contributed by atoms with van der Waals surface area (Å²) in [4.78, 5) is 7.28. The maximum absolute atomic E-state index is 6.18. The Balaban J connectivity index is 1.90. The maximum atomic E-state index is 6.18. The maximum Gasteiger partial charge on any atom is 0.158 e. The van der Waals surface area contributed by atoms with Crippen LogP contribution in [0.5, 0.6) is 0 Å². The van der Waals surface area contributed by atoms with Gasteiger partial charge in [0.05, 0.1) is 45.8 Å². The van der Waals surface area contributed by atoms with Gasteiger partial charge < -0.3 is 9.38 Å². The smallest absolute Gasteiger partial charge is 0.158 e. The summed E-state index contributed by atoms with van der Waals surface area (Å²) in [5, 5.41) is 7.59. The summed E-state index contributed by atoms with van der Waals surface area (Å²) in [7, 11) is 6.52. The molecule has 0 atom stereocenters. The number of piperazine rings is 1. The quantitative estimate of drug-likeness (QED) is 0.643. The van der Waals surface area contributed by atoms with E-state index in [1.165, 1.54) is 0 Å². The van der Waals surface area contributed by atoms with E-state index in [0.29, 0.717) is 0 Å². The van der Waals surface area contributed by atoms with E-state index in [9.17, 15) is 0 Å². The van der Waals surface area contributed by atoms with Gasteiger partial charge >= 0.3 is 0 Å². The Morgan fingerprint density at radius 1 is 1.13 bits per heavy atom. The Bertz CT molecular complexity index is 889. The average molecular weight is 331 g/mol. The third-order valence-electron chi connectivity index (χ3n) is 4.77. The van der Waals surface area contributed by atoms with Gasteiger partial charge in [-0.3, -0.25) is 4.68 Å². The SMILES string of the molecule is Cn1cc2c(n1)c(N1CC[N+](C)(C)CC1)nc1ccc(Cl)cc12. The van der Waals surface area contributed by atoms with Gasteiger partial charge in [-0.2, -0.15) is 5.10 Å². The number of rotatable bonds is 1. The number of anilines is 1. The predicted molar refractivity (Wildman–Crippen MR) is 95.1 cm³/mol. The molecule has 0 bridgehead atoms. The van der Waals surface area contributed by atoms with Gasteiger partial charge in [0.2, 0.25) is 0 Å². The van der Waals surface area contributed by atoms with Crippen LogP contribution in [0.3, 0.4) is 0 Å². The minimum atomic E-state index is 0.731. The zero-order valence-electron chi connectivity index (χ0n) is 13.8. The molecule has 0 aliphatic carbocycles. The van der Waals surface area contributed by atoms with Crippen molar-refractivity contribution in [2.45, 2.75) is 0 Å². The van der Waals surface area contributed by atoms with Gasteiger partial charge in [0.25, 0.3) is 0 Å². The van der Waals surface area contributed by atoms with Gasteiger partial charge in [-0.25, -0.2) is 4.98 Å². The van der Waals surface area contributed by atoms with E-state index >= 15 is 0 Å². The van der Waals surface area contributed by atoms with E-state index in [0.717, 1.165) is 63.3 Å². The summed E-state index contributed by atoms with van der Waals surface area (Å²) in [6.07, 6.45) is 2.06. The number of pyridine rings is 1. The molecule has 0 N–H and O–H groups in total. The lowest BCUT2D eigenvalue weighted by molar-refractivity contribution is -0.890. The topological polar surface area (TPSA) is 34.0 Å². The molecular formula is C17H21ClN5+. The molecule has 1 fully saturated rings. The minimum Gasteiger partial charge on any atom is -0.343 e. The van der Waals surface area contributed by atoms with Crippen molar-refractivity contribution < 1.29 is 4.48 Å². The van der Waals surface area contributed by atoms with Crippen LogP contribution in [0.4, 0.5) is 5.82 Å². The Morgan fingerprint density at radius 3 is 2.61 bits per heavy atom. The minimum absolute atomic E-state index is 0.731. The van der Waals surface area contributed by atoms with Crippen LogP contribution in [0, 0.1) is 0 Å². The predicted octanol–water partition coefficient (Wildman–Crippen LogP) is 2.67. The van der Waals surface area contributed by atoms with E-state index in [1.807, 2.05) is 29.9 Å². The first kappa shape index (κ1) is 14.7.